The summed E-state index contributed by atoms with van der Waals surface area (Å²) in [5.41, 5.74) is -0.262. The first-order valence-corrected chi connectivity index (χ1v) is 6.30. The topological polar surface area (TPSA) is 35.5 Å². The van der Waals surface area contributed by atoms with Gasteiger partial charge in [-0.1, -0.05) is 6.07 Å². The molecule has 1 aromatic carbocycles. The Morgan fingerprint density at radius 1 is 1.16 bits per heavy atom. The first-order valence-electron chi connectivity index (χ1n) is 6.30. The first-order chi connectivity index (χ1) is 8.64. The SMILES string of the molecule is CC(=O)c1ccc(B2OC(C)(C)C(C)(C)O2)cc1F. The van der Waals surface area contributed by atoms with E-state index in [1.165, 1.54) is 19.1 Å². The van der Waals surface area contributed by atoms with E-state index in [-0.39, 0.29) is 11.3 Å². The molecule has 1 aliphatic rings. The number of ketones is 1. The highest BCUT2D eigenvalue weighted by atomic mass is 19.1. The number of Topliss-reactive ketones (excluding diaryl/α,β-unsaturated/α-hetero) is 1. The maximum absolute atomic E-state index is 13.8. The molecule has 5 heteroatoms. The fourth-order valence-electron chi connectivity index (χ4n) is 1.94. The molecule has 0 radical (unpaired) electrons. The molecule has 1 aromatic rings. The van der Waals surface area contributed by atoms with E-state index in [0.717, 1.165) is 0 Å². The minimum absolute atomic E-state index is 0.0836. The minimum Gasteiger partial charge on any atom is -0.399 e. The molecular weight excluding hydrogens is 246 g/mol. The molecule has 1 aliphatic heterocycles. The van der Waals surface area contributed by atoms with Gasteiger partial charge in [0.2, 0.25) is 0 Å². The van der Waals surface area contributed by atoms with Crippen LogP contribution < -0.4 is 5.46 Å². The predicted molar refractivity (Wildman–Crippen MR) is 72.1 cm³/mol. The van der Waals surface area contributed by atoms with Crippen LogP contribution in [0.5, 0.6) is 0 Å². The molecule has 1 saturated heterocycles. The second-order valence-electron chi connectivity index (χ2n) is 5.88. The zero-order valence-electron chi connectivity index (χ0n) is 11.9. The molecule has 1 heterocycles. The number of rotatable bonds is 2. The van der Waals surface area contributed by atoms with Crippen LogP contribution in [-0.4, -0.2) is 24.1 Å². The van der Waals surface area contributed by atoms with Crippen LogP contribution in [0.3, 0.4) is 0 Å². The minimum atomic E-state index is -0.611. The van der Waals surface area contributed by atoms with Crippen molar-refractivity contribution in [2.24, 2.45) is 0 Å². The summed E-state index contributed by atoms with van der Waals surface area (Å²) in [4.78, 5) is 11.2. The van der Waals surface area contributed by atoms with Crippen molar-refractivity contribution in [1.29, 1.82) is 0 Å². The third kappa shape index (κ3) is 2.45. The lowest BCUT2D eigenvalue weighted by Gasteiger charge is -2.32. The van der Waals surface area contributed by atoms with Crippen LogP contribution in [-0.2, 0) is 9.31 Å². The second kappa shape index (κ2) is 4.42. The standard InChI is InChI=1S/C14H18BFO3/c1-9(17)11-7-6-10(8-12(11)16)15-18-13(2,3)14(4,5)19-15/h6-8H,1-5H3. The van der Waals surface area contributed by atoms with Gasteiger partial charge in [-0.2, -0.15) is 0 Å². The second-order valence-corrected chi connectivity index (χ2v) is 5.88. The van der Waals surface area contributed by atoms with E-state index in [0.29, 0.717) is 5.46 Å². The molecule has 0 aliphatic carbocycles. The van der Waals surface area contributed by atoms with Gasteiger partial charge in [0.25, 0.3) is 0 Å². The zero-order valence-corrected chi connectivity index (χ0v) is 11.9. The van der Waals surface area contributed by atoms with Gasteiger partial charge in [0, 0.05) is 0 Å². The number of halogens is 1. The van der Waals surface area contributed by atoms with Gasteiger partial charge >= 0.3 is 7.12 Å². The summed E-state index contributed by atoms with van der Waals surface area (Å²) in [6, 6.07) is 4.44. The van der Waals surface area contributed by atoms with Crippen molar-refractivity contribution in [3.05, 3.63) is 29.6 Å². The fraction of sp³-hybridized carbons (Fsp3) is 0.500. The van der Waals surface area contributed by atoms with Crippen LogP contribution in [0.1, 0.15) is 45.0 Å². The third-order valence-electron chi connectivity index (χ3n) is 3.90. The molecule has 0 N–H and O–H groups in total. The highest BCUT2D eigenvalue weighted by molar-refractivity contribution is 6.62. The number of hydrogen-bond acceptors (Lipinski definition) is 3. The monoisotopic (exact) mass is 264 g/mol. The van der Waals surface area contributed by atoms with Crippen molar-refractivity contribution >= 4 is 18.4 Å². The predicted octanol–water partition coefficient (Wildman–Crippen LogP) is 2.33. The molecule has 19 heavy (non-hydrogen) atoms. The van der Waals surface area contributed by atoms with Crippen LogP contribution in [0, 0.1) is 5.82 Å². The summed E-state index contributed by atoms with van der Waals surface area (Å²) in [7, 11) is -0.611. The average Bonchev–Trinajstić information content (AvgIpc) is 2.47. The molecule has 3 nitrogen and oxygen atoms in total. The Kier molecular flexibility index (Phi) is 3.31. The van der Waals surface area contributed by atoms with Gasteiger partial charge < -0.3 is 9.31 Å². The van der Waals surface area contributed by atoms with E-state index in [2.05, 4.69) is 0 Å². The highest BCUT2D eigenvalue weighted by Gasteiger charge is 2.51. The van der Waals surface area contributed by atoms with E-state index in [1.807, 2.05) is 27.7 Å². The summed E-state index contributed by atoms with van der Waals surface area (Å²) in [5, 5.41) is 0. The lowest BCUT2D eigenvalue weighted by Crippen LogP contribution is -2.41. The molecule has 0 saturated carbocycles. The van der Waals surface area contributed by atoms with Crippen molar-refractivity contribution in [2.75, 3.05) is 0 Å². The molecular formula is C14H18BFO3. The molecule has 1 fully saturated rings. The fourth-order valence-corrected chi connectivity index (χ4v) is 1.94. The lowest BCUT2D eigenvalue weighted by atomic mass is 9.78. The summed E-state index contributed by atoms with van der Waals surface area (Å²) >= 11 is 0. The zero-order chi connectivity index (χ0) is 14.4. The summed E-state index contributed by atoms with van der Waals surface area (Å²) in [6.45, 7) is 9.09. The highest BCUT2D eigenvalue weighted by Crippen LogP contribution is 2.36. The quantitative estimate of drug-likeness (QED) is 0.607. The smallest absolute Gasteiger partial charge is 0.399 e. The molecule has 0 amide bonds. The molecule has 0 atom stereocenters. The molecule has 2 rings (SSSR count). The van der Waals surface area contributed by atoms with Crippen molar-refractivity contribution in [3.8, 4) is 0 Å². The maximum atomic E-state index is 13.8. The molecule has 0 bridgehead atoms. The molecule has 0 aromatic heterocycles. The maximum Gasteiger partial charge on any atom is 0.494 e. The first kappa shape index (κ1) is 14.2. The molecule has 0 unspecified atom stereocenters. The third-order valence-corrected chi connectivity index (χ3v) is 3.90. The van der Waals surface area contributed by atoms with Crippen molar-refractivity contribution in [1.82, 2.24) is 0 Å². The van der Waals surface area contributed by atoms with E-state index in [1.54, 1.807) is 6.07 Å². The van der Waals surface area contributed by atoms with Crippen LogP contribution in [0.4, 0.5) is 4.39 Å². The van der Waals surface area contributed by atoms with Gasteiger partial charge in [0.15, 0.2) is 5.78 Å². The Hall–Kier alpha value is -1.20. The number of hydrogen-bond donors (Lipinski definition) is 0. The average molecular weight is 264 g/mol. The van der Waals surface area contributed by atoms with Crippen LogP contribution in [0.15, 0.2) is 18.2 Å². The Morgan fingerprint density at radius 3 is 2.11 bits per heavy atom. The van der Waals surface area contributed by atoms with Crippen LogP contribution in [0.25, 0.3) is 0 Å². The number of carbonyl (C=O) groups excluding carboxylic acids is 1. The Bertz CT molecular complexity index is 509. The van der Waals surface area contributed by atoms with Gasteiger partial charge in [0.1, 0.15) is 5.82 Å². The Labute approximate surface area is 113 Å². The summed E-state index contributed by atoms with van der Waals surface area (Å²) < 4.78 is 25.5. The van der Waals surface area contributed by atoms with Gasteiger partial charge in [-0.05, 0) is 52.2 Å². The van der Waals surface area contributed by atoms with E-state index < -0.39 is 24.1 Å². The Balaban J connectivity index is 2.31. The van der Waals surface area contributed by atoms with Gasteiger partial charge in [-0.25, -0.2) is 4.39 Å². The van der Waals surface area contributed by atoms with E-state index in [9.17, 15) is 9.18 Å². The van der Waals surface area contributed by atoms with Crippen LogP contribution in [0.2, 0.25) is 0 Å². The Morgan fingerprint density at radius 2 is 1.68 bits per heavy atom. The van der Waals surface area contributed by atoms with E-state index >= 15 is 0 Å². The van der Waals surface area contributed by atoms with Crippen molar-refractivity contribution in [2.45, 2.75) is 45.8 Å². The normalized spacial score (nSPS) is 20.6. The largest absolute Gasteiger partial charge is 0.494 e. The van der Waals surface area contributed by atoms with E-state index in [4.69, 9.17) is 9.31 Å². The molecule has 102 valence electrons. The van der Waals surface area contributed by atoms with Gasteiger partial charge in [0.05, 0.1) is 16.8 Å². The van der Waals surface area contributed by atoms with Crippen molar-refractivity contribution in [3.63, 3.8) is 0 Å². The summed E-state index contributed by atoms with van der Waals surface area (Å²) in [6.07, 6.45) is 0. The molecule has 0 spiro atoms. The van der Waals surface area contributed by atoms with Gasteiger partial charge in [-0.3, -0.25) is 4.79 Å². The van der Waals surface area contributed by atoms with Gasteiger partial charge in [-0.15, -0.1) is 0 Å². The van der Waals surface area contributed by atoms with Crippen LogP contribution >= 0.6 is 0 Å². The summed E-state index contributed by atoms with van der Waals surface area (Å²) in [5.74, 6) is -0.835. The lowest BCUT2D eigenvalue weighted by molar-refractivity contribution is 0.00578. The van der Waals surface area contributed by atoms with Crippen molar-refractivity contribution < 1.29 is 18.5 Å². The number of benzene rings is 1. The number of carbonyl (C=O) groups is 1.